The van der Waals surface area contributed by atoms with Crippen LogP contribution in [0.15, 0.2) is 16.1 Å². The molecule has 0 bridgehead atoms. The SMILES string of the molecule is CONc1cnc(SC)[nH]c1=O. The molecule has 0 aliphatic carbocycles. The predicted octanol–water partition coefficient (Wildman–Crippen LogP) is 0.465. The fraction of sp³-hybridized carbons (Fsp3) is 0.333. The third kappa shape index (κ3) is 1.99. The summed E-state index contributed by atoms with van der Waals surface area (Å²) >= 11 is 1.37. The van der Waals surface area contributed by atoms with Crippen LogP contribution in [0.25, 0.3) is 0 Å². The number of nitrogens with zero attached hydrogens (tertiary/aromatic N) is 1. The number of rotatable bonds is 3. The topological polar surface area (TPSA) is 67.0 Å². The number of H-pyrrole nitrogens is 1. The molecular weight excluding hydrogens is 178 g/mol. The fourth-order valence-corrected chi connectivity index (χ4v) is 1.02. The van der Waals surface area contributed by atoms with Crippen molar-refractivity contribution in [1.82, 2.24) is 9.97 Å². The fourth-order valence-electron chi connectivity index (χ4n) is 0.665. The van der Waals surface area contributed by atoms with Gasteiger partial charge in [-0.2, -0.15) is 0 Å². The van der Waals surface area contributed by atoms with Crippen LogP contribution in [0.4, 0.5) is 5.69 Å². The molecule has 0 aromatic carbocycles. The highest BCUT2D eigenvalue weighted by Gasteiger charge is 1.99. The first-order chi connectivity index (χ1) is 5.77. The van der Waals surface area contributed by atoms with Gasteiger partial charge in [-0.3, -0.25) is 20.1 Å². The minimum Gasteiger partial charge on any atom is -0.300 e. The van der Waals surface area contributed by atoms with Gasteiger partial charge < -0.3 is 0 Å². The molecule has 0 aliphatic rings. The third-order valence-electron chi connectivity index (χ3n) is 1.18. The normalized spacial score (nSPS) is 9.83. The Labute approximate surface area is 73.5 Å². The second-order valence-electron chi connectivity index (χ2n) is 1.94. The summed E-state index contributed by atoms with van der Waals surface area (Å²) in [5, 5.41) is 0.585. The van der Waals surface area contributed by atoms with E-state index >= 15 is 0 Å². The van der Waals surface area contributed by atoms with Gasteiger partial charge in [-0.15, -0.1) is 0 Å². The van der Waals surface area contributed by atoms with Crippen LogP contribution in [0.1, 0.15) is 0 Å². The molecule has 0 fully saturated rings. The minimum absolute atomic E-state index is 0.240. The van der Waals surface area contributed by atoms with Crippen LogP contribution in [-0.2, 0) is 4.84 Å². The molecule has 5 nitrogen and oxygen atoms in total. The zero-order valence-electron chi connectivity index (χ0n) is 6.75. The molecule has 0 aliphatic heterocycles. The first-order valence-corrected chi connectivity index (χ1v) is 4.42. The van der Waals surface area contributed by atoms with Crippen LogP contribution in [0.5, 0.6) is 0 Å². The van der Waals surface area contributed by atoms with Crippen molar-refractivity contribution < 1.29 is 4.84 Å². The molecular formula is C6H9N3O2S. The minimum atomic E-state index is -0.240. The molecule has 1 aromatic rings. The van der Waals surface area contributed by atoms with Crippen LogP contribution in [0.2, 0.25) is 0 Å². The average molecular weight is 187 g/mol. The Hall–Kier alpha value is -1.01. The number of nitrogens with one attached hydrogen (secondary N) is 2. The summed E-state index contributed by atoms with van der Waals surface area (Å²) in [5.74, 6) is 0. The van der Waals surface area contributed by atoms with Crippen molar-refractivity contribution in [1.29, 1.82) is 0 Å². The molecule has 2 N–H and O–H groups in total. The number of hydrogen-bond acceptors (Lipinski definition) is 5. The van der Waals surface area contributed by atoms with E-state index in [4.69, 9.17) is 0 Å². The van der Waals surface area contributed by atoms with Gasteiger partial charge in [-0.05, 0) is 6.26 Å². The highest BCUT2D eigenvalue weighted by Crippen LogP contribution is 2.05. The summed E-state index contributed by atoms with van der Waals surface area (Å²) in [5.41, 5.74) is 2.47. The second kappa shape index (κ2) is 4.13. The standard InChI is InChI=1S/C6H9N3O2S/c1-11-9-4-3-7-6(12-2)8-5(4)10/h3,9H,1-2H3,(H,7,8,10). The first kappa shape index (κ1) is 9.08. The molecule has 0 spiro atoms. The molecule has 66 valence electrons. The summed E-state index contributed by atoms with van der Waals surface area (Å²) in [6, 6.07) is 0. The molecule has 0 amide bonds. The first-order valence-electron chi connectivity index (χ1n) is 3.20. The molecule has 0 saturated carbocycles. The Kier molecular flexibility index (Phi) is 3.12. The van der Waals surface area contributed by atoms with E-state index in [1.54, 1.807) is 0 Å². The summed E-state index contributed by atoms with van der Waals surface area (Å²) in [6.07, 6.45) is 3.26. The summed E-state index contributed by atoms with van der Waals surface area (Å²) < 4.78 is 0. The van der Waals surface area contributed by atoms with Gasteiger partial charge in [-0.1, -0.05) is 11.8 Å². The second-order valence-corrected chi connectivity index (χ2v) is 2.74. The van der Waals surface area contributed by atoms with Gasteiger partial charge in [0, 0.05) is 0 Å². The lowest BCUT2D eigenvalue weighted by molar-refractivity contribution is 0.270. The van der Waals surface area contributed by atoms with Crippen LogP contribution in [0.3, 0.4) is 0 Å². The molecule has 12 heavy (non-hydrogen) atoms. The van der Waals surface area contributed by atoms with E-state index in [1.165, 1.54) is 25.1 Å². The van der Waals surface area contributed by atoms with E-state index in [0.29, 0.717) is 10.8 Å². The summed E-state index contributed by atoms with van der Waals surface area (Å²) in [4.78, 5) is 22.2. The van der Waals surface area contributed by atoms with Crippen molar-refractivity contribution in [3.05, 3.63) is 16.6 Å². The van der Waals surface area contributed by atoms with Crippen LogP contribution >= 0.6 is 11.8 Å². The number of aromatic amines is 1. The zero-order valence-corrected chi connectivity index (χ0v) is 7.57. The maximum Gasteiger partial charge on any atom is 0.277 e. The van der Waals surface area contributed by atoms with Crippen molar-refractivity contribution in [2.75, 3.05) is 18.8 Å². The van der Waals surface area contributed by atoms with Crippen molar-refractivity contribution in [3.8, 4) is 0 Å². The van der Waals surface area contributed by atoms with Gasteiger partial charge >= 0.3 is 0 Å². The Morgan fingerprint density at radius 1 is 1.75 bits per heavy atom. The van der Waals surface area contributed by atoms with Crippen molar-refractivity contribution in [3.63, 3.8) is 0 Å². The maximum absolute atomic E-state index is 11.1. The molecule has 0 radical (unpaired) electrons. The van der Waals surface area contributed by atoms with Gasteiger partial charge in [0.05, 0.1) is 13.3 Å². The van der Waals surface area contributed by atoms with E-state index < -0.39 is 0 Å². The van der Waals surface area contributed by atoms with Gasteiger partial charge in [0.15, 0.2) is 5.16 Å². The van der Waals surface area contributed by atoms with E-state index in [0.717, 1.165) is 0 Å². The van der Waals surface area contributed by atoms with Crippen LogP contribution < -0.4 is 11.0 Å². The number of anilines is 1. The van der Waals surface area contributed by atoms with Crippen molar-refractivity contribution in [2.45, 2.75) is 5.16 Å². The number of hydrogen-bond donors (Lipinski definition) is 2. The quantitative estimate of drug-likeness (QED) is 0.409. The van der Waals surface area contributed by atoms with E-state index in [1.807, 2.05) is 6.26 Å². The molecule has 1 heterocycles. The number of aromatic nitrogens is 2. The lowest BCUT2D eigenvalue weighted by Gasteiger charge is -2.00. The van der Waals surface area contributed by atoms with Gasteiger partial charge in [0.25, 0.3) is 5.56 Å². The van der Waals surface area contributed by atoms with Gasteiger partial charge in [-0.25, -0.2) is 4.98 Å². The van der Waals surface area contributed by atoms with Gasteiger partial charge in [0.1, 0.15) is 5.69 Å². The Morgan fingerprint density at radius 3 is 3.00 bits per heavy atom. The largest absolute Gasteiger partial charge is 0.300 e. The highest BCUT2D eigenvalue weighted by atomic mass is 32.2. The molecule has 1 rings (SSSR count). The van der Waals surface area contributed by atoms with Crippen molar-refractivity contribution >= 4 is 17.4 Å². The average Bonchev–Trinajstić information content (AvgIpc) is 2.09. The third-order valence-corrected chi connectivity index (χ3v) is 1.78. The van der Waals surface area contributed by atoms with E-state index in [2.05, 4.69) is 20.3 Å². The van der Waals surface area contributed by atoms with E-state index in [-0.39, 0.29) is 5.56 Å². The van der Waals surface area contributed by atoms with Crippen molar-refractivity contribution in [2.24, 2.45) is 0 Å². The Morgan fingerprint density at radius 2 is 2.50 bits per heavy atom. The molecule has 6 heteroatoms. The summed E-state index contributed by atoms with van der Waals surface area (Å²) in [7, 11) is 1.43. The maximum atomic E-state index is 11.1. The van der Waals surface area contributed by atoms with Crippen LogP contribution in [0, 0.1) is 0 Å². The lowest BCUT2D eigenvalue weighted by atomic mass is 10.5. The molecule has 1 aromatic heterocycles. The molecule has 0 atom stereocenters. The smallest absolute Gasteiger partial charge is 0.277 e. The lowest BCUT2D eigenvalue weighted by Crippen LogP contribution is -2.14. The predicted molar refractivity (Wildman–Crippen MR) is 47.3 cm³/mol. The summed E-state index contributed by atoms with van der Waals surface area (Å²) in [6.45, 7) is 0. The zero-order chi connectivity index (χ0) is 8.97. The Bertz CT molecular complexity index is 312. The van der Waals surface area contributed by atoms with Gasteiger partial charge in [0.2, 0.25) is 0 Å². The monoisotopic (exact) mass is 187 g/mol. The molecule has 0 unspecified atom stereocenters. The van der Waals surface area contributed by atoms with E-state index in [9.17, 15) is 4.79 Å². The van der Waals surface area contributed by atoms with Crippen LogP contribution in [-0.4, -0.2) is 23.3 Å². The molecule has 0 saturated heterocycles. The number of thioether (sulfide) groups is 1. The Balaban J connectivity index is 2.96. The highest BCUT2D eigenvalue weighted by molar-refractivity contribution is 7.98.